The van der Waals surface area contributed by atoms with Gasteiger partial charge in [-0.15, -0.1) is 11.3 Å². The highest BCUT2D eigenvalue weighted by molar-refractivity contribution is 7.26. The zero-order chi connectivity index (χ0) is 44.3. The third-order valence-corrected chi connectivity index (χ3v) is 14.8. The van der Waals surface area contributed by atoms with Crippen LogP contribution in [0.15, 0.2) is 255 Å². The summed E-state index contributed by atoms with van der Waals surface area (Å²) in [5.41, 5.74) is 16.8. The molecule has 13 rings (SSSR count). The van der Waals surface area contributed by atoms with Crippen molar-refractivity contribution in [3.05, 3.63) is 255 Å². The molecule has 0 saturated heterocycles. The maximum atomic E-state index is 2.39. The van der Waals surface area contributed by atoms with Gasteiger partial charge in [-0.2, -0.15) is 0 Å². The van der Waals surface area contributed by atoms with Gasteiger partial charge in [-0.1, -0.05) is 194 Å². The van der Waals surface area contributed by atoms with Crippen LogP contribution in [-0.2, 0) is 0 Å². The summed E-state index contributed by atoms with van der Waals surface area (Å²) in [4.78, 5) is 0. The van der Waals surface area contributed by atoms with E-state index in [9.17, 15) is 0 Å². The lowest BCUT2D eigenvalue weighted by Crippen LogP contribution is -1.90. The first-order chi connectivity index (χ1) is 33.2. The van der Waals surface area contributed by atoms with Crippen LogP contribution in [0.25, 0.3) is 130 Å². The SMILES string of the molecule is c1ccc(-c2cc(-c3cccc(-c4ccc5c6ccccc6c6ccccc6c5c4)c3)cc(-c3cc(-c4ccccc4)cc(-c4cccc(-c5cccc6c5sc5ccccc56)c4)c3)c2)cc1. The molecule has 0 nitrogen and oxygen atoms in total. The molecule has 0 unspecified atom stereocenters. The van der Waals surface area contributed by atoms with Gasteiger partial charge >= 0.3 is 0 Å². The van der Waals surface area contributed by atoms with Gasteiger partial charge in [0, 0.05) is 20.2 Å². The van der Waals surface area contributed by atoms with Crippen LogP contribution in [0, 0.1) is 0 Å². The molecular formula is C66H42S. The summed E-state index contributed by atoms with van der Waals surface area (Å²) < 4.78 is 2.65. The Morgan fingerprint density at radius 3 is 1.09 bits per heavy atom. The first kappa shape index (κ1) is 39.0. The molecule has 0 amide bonds. The first-order valence-electron chi connectivity index (χ1n) is 23.1. The predicted molar refractivity (Wildman–Crippen MR) is 290 cm³/mol. The smallest absolute Gasteiger partial charge is 0.0433 e. The summed E-state index contributed by atoms with van der Waals surface area (Å²) in [7, 11) is 0. The van der Waals surface area contributed by atoms with Gasteiger partial charge in [-0.3, -0.25) is 0 Å². The van der Waals surface area contributed by atoms with Gasteiger partial charge in [0.15, 0.2) is 0 Å². The van der Waals surface area contributed by atoms with E-state index in [0.29, 0.717) is 0 Å². The Morgan fingerprint density at radius 1 is 0.179 bits per heavy atom. The van der Waals surface area contributed by atoms with Crippen molar-refractivity contribution in [2.75, 3.05) is 0 Å². The minimum atomic E-state index is 1.18. The molecule has 67 heavy (non-hydrogen) atoms. The highest BCUT2D eigenvalue weighted by Gasteiger charge is 2.16. The Bertz CT molecular complexity index is 3990. The summed E-state index contributed by atoms with van der Waals surface area (Å²) in [6.07, 6.45) is 0. The van der Waals surface area contributed by atoms with Gasteiger partial charge in [0.1, 0.15) is 0 Å². The van der Waals surface area contributed by atoms with Crippen LogP contribution in [0.1, 0.15) is 0 Å². The van der Waals surface area contributed by atoms with E-state index in [1.807, 2.05) is 11.3 Å². The molecule has 312 valence electrons. The zero-order valence-electron chi connectivity index (χ0n) is 36.7. The van der Waals surface area contributed by atoms with Crippen LogP contribution < -0.4 is 0 Å². The summed E-state index contributed by atoms with van der Waals surface area (Å²) in [5.74, 6) is 0. The van der Waals surface area contributed by atoms with Crippen LogP contribution in [0.4, 0.5) is 0 Å². The molecule has 12 aromatic carbocycles. The van der Waals surface area contributed by atoms with E-state index in [1.54, 1.807) is 0 Å². The standard InChI is InChI=1S/C66H42S/c1-3-16-43(17-4-1)50-36-52(46-21-13-20-45(34-46)48-32-33-61-59-26-8-7-24-57(59)58-25-9-10-27-60(58)64(61)42-48)40-54(38-50)55-39-51(44-18-5-2-6-19-44)37-53(41-55)47-22-14-23-49(35-47)56-29-15-30-63-62-28-11-12-31-65(62)67-66(56)63/h1-42H. The van der Waals surface area contributed by atoms with Gasteiger partial charge in [-0.05, 0) is 171 Å². The quantitative estimate of drug-likeness (QED) is 0.140. The van der Waals surface area contributed by atoms with Gasteiger partial charge in [0.05, 0.1) is 0 Å². The monoisotopic (exact) mass is 866 g/mol. The van der Waals surface area contributed by atoms with E-state index in [0.717, 1.165) is 0 Å². The largest absolute Gasteiger partial charge is 0.135 e. The third kappa shape index (κ3) is 7.00. The number of hydrogen-bond donors (Lipinski definition) is 0. The molecule has 1 heteroatoms. The van der Waals surface area contributed by atoms with Gasteiger partial charge in [-0.25, -0.2) is 0 Å². The van der Waals surface area contributed by atoms with Crippen molar-refractivity contribution in [1.29, 1.82) is 0 Å². The average molecular weight is 867 g/mol. The van der Waals surface area contributed by atoms with Crippen molar-refractivity contribution in [2.24, 2.45) is 0 Å². The molecule has 0 spiro atoms. The van der Waals surface area contributed by atoms with Crippen molar-refractivity contribution >= 4 is 63.8 Å². The van der Waals surface area contributed by atoms with E-state index in [-0.39, 0.29) is 0 Å². The number of hydrogen-bond acceptors (Lipinski definition) is 1. The first-order valence-corrected chi connectivity index (χ1v) is 23.9. The molecule has 1 aromatic heterocycles. The fourth-order valence-electron chi connectivity index (χ4n) is 10.3. The molecule has 1 heterocycles. The average Bonchev–Trinajstić information content (AvgIpc) is 3.80. The van der Waals surface area contributed by atoms with Crippen molar-refractivity contribution in [2.45, 2.75) is 0 Å². The summed E-state index contributed by atoms with van der Waals surface area (Å²) in [6, 6.07) is 94.2. The summed E-state index contributed by atoms with van der Waals surface area (Å²) in [5, 5.41) is 10.4. The zero-order valence-corrected chi connectivity index (χ0v) is 37.5. The molecule has 0 N–H and O–H groups in total. The van der Waals surface area contributed by atoms with Crippen LogP contribution in [-0.4, -0.2) is 0 Å². The number of thiophene rings is 1. The Labute approximate surface area is 394 Å². The Kier molecular flexibility index (Phi) is 9.48. The van der Waals surface area contributed by atoms with Crippen molar-refractivity contribution in [3.63, 3.8) is 0 Å². The summed E-state index contributed by atoms with van der Waals surface area (Å²) in [6.45, 7) is 0. The highest BCUT2D eigenvalue weighted by Crippen LogP contribution is 2.43. The third-order valence-electron chi connectivity index (χ3n) is 13.6. The molecule has 0 radical (unpaired) electrons. The Morgan fingerprint density at radius 2 is 0.522 bits per heavy atom. The van der Waals surface area contributed by atoms with Crippen molar-refractivity contribution in [3.8, 4) is 77.9 Å². The lowest BCUT2D eigenvalue weighted by molar-refractivity contribution is 1.54. The molecule has 0 saturated carbocycles. The lowest BCUT2D eigenvalue weighted by atomic mass is 9.88. The van der Waals surface area contributed by atoms with E-state index < -0.39 is 0 Å². The molecule has 0 aliphatic carbocycles. The van der Waals surface area contributed by atoms with Gasteiger partial charge < -0.3 is 0 Å². The molecule has 0 aliphatic heterocycles. The van der Waals surface area contributed by atoms with E-state index in [4.69, 9.17) is 0 Å². The molecule has 0 fully saturated rings. The fraction of sp³-hybridized carbons (Fsp3) is 0. The summed E-state index contributed by atoms with van der Waals surface area (Å²) >= 11 is 1.88. The maximum absolute atomic E-state index is 2.39. The number of benzene rings is 12. The van der Waals surface area contributed by atoms with Crippen LogP contribution in [0.3, 0.4) is 0 Å². The van der Waals surface area contributed by atoms with E-state index in [1.165, 1.54) is 130 Å². The minimum Gasteiger partial charge on any atom is -0.135 e. The Balaban J connectivity index is 0.957. The lowest BCUT2D eigenvalue weighted by Gasteiger charge is -2.16. The van der Waals surface area contributed by atoms with Crippen LogP contribution >= 0.6 is 11.3 Å². The topological polar surface area (TPSA) is 0 Å². The van der Waals surface area contributed by atoms with Crippen LogP contribution in [0.2, 0.25) is 0 Å². The highest BCUT2D eigenvalue weighted by atomic mass is 32.1. The van der Waals surface area contributed by atoms with Gasteiger partial charge in [0.25, 0.3) is 0 Å². The van der Waals surface area contributed by atoms with Crippen molar-refractivity contribution in [1.82, 2.24) is 0 Å². The number of rotatable bonds is 7. The normalized spacial score (nSPS) is 11.6. The van der Waals surface area contributed by atoms with Crippen molar-refractivity contribution < 1.29 is 0 Å². The van der Waals surface area contributed by atoms with Crippen LogP contribution in [0.5, 0.6) is 0 Å². The van der Waals surface area contributed by atoms with E-state index in [2.05, 4.69) is 255 Å². The molecule has 0 aliphatic rings. The fourth-order valence-corrected chi connectivity index (χ4v) is 11.6. The molecule has 13 aromatic rings. The number of fused-ring (bicyclic) bond motifs is 9. The molecule has 0 bridgehead atoms. The second-order valence-corrected chi connectivity index (χ2v) is 18.7. The Hall–Kier alpha value is -8.36. The van der Waals surface area contributed by atoms with E-state index >= 15 is 0 Å². The van der Waals surface area contributed by atoms with Gasteiger partial charge in [0.2, 0.25) is 0 Å². The second-order valence-electron chi connectivity index (χ2n) is 17.6. The minimum absolute atomic E-state index is 1.18. The molecular weight excluding hydrogens is 825 g/mol. The second kappa shape index (κ2) is 16.3. The maximum Gasteiger partial charge on any atom is 0.0433 e. The molecule has 0 atom stereocenters. The predicted octanol–water partition coefficient (Wildman–Crippen LogP) is 19.2.